The molecule has 0 saturated carbocycles. The largest absolute Gasteiger partial charge is 0.309 e. The van der Waals surface area contributed by atoms with E-state index in [1.54, 1.807) is 0 Å². The third-order valence-electron chi connectivity index (χ3n) is 9.99. The summed E-state index contributed by atoms with van der Waals surface area (Å²) in [6, 6.07) is 72.9. The molecule has 0 saturated heterocycles. The number of nitrogens with zero attached hydrogens (tertiary/aromatic N) is 1. The fraction of sp³-hybridized carbons (Fsp3) is 0.0400. The Labute approximate surface area is 309 Å². The summed E-state index contributed by atoms with van der Waals surface area (Å²) in [6.07, 6.45) is 1.72. The van der Waals surface area contributed by atoms with Crippen LogP contribution in [0.5, 0.6) is 0 Å². The molecule has 0 radical (unpaired) electrons. The van der Waals surface area contributed by atoms with Crippen molar-refractivity contribution in [3.8, 4) is 22.3 Å². The van der Waals surface area contributed by atoms with Gasteiger partial charge in [0.15, 0.2) is 0 Å². The van der Waals surface area contributed by atoms with E-state index in [1.807, 2.05) is 11.3 Å². The highest BCUT2D eigenvalue weighted by Crippen LogP contribution is 2.46. The highest BCUT2D eigenvalue weighted by molar-refractivity contribution is 7.26. The first kappa shape index (κ1) is 31.7. The predicted molar refractivity (Wildman–Crippen MR) is 223 cm³/mol. The van der Waals surface area contributed by atoms with Crippen molar-refractivity contribution in [2.24, 2.45) is 0 Å². The van der Waals surface area contributed by atoms with Gasteiger partial charge in [-0.2, -0.15) is 0 Å². The molecule has 1 heterocycles. The number of thiophene rings is 1. The SMILES string of the molecule is c1ccc(Cc2ccccc2-c2ccc(N(c3ccc(-c4ccccc4)cc3)c3cccc4c3sc3ccccc34)cc2Cc2ccccc2)cc1. The second-order valence-electron chi connectivity index (χ2n) is 13.3. The van der Waals surface area contributed by atoms with Crippen LogP contribution in [0.1, 0.15) is 22.3 Å². The average molecular weight is 684 g/mol. The van der Waals surface area contributed by atoms with Crippen LogP contribution in [0.25, 0.3) is 42.4 Å². The Morgan fingerprint density at radius 3 is 1.69 bits per heavy atom. The van der Waals surface area contributed by atoms with Gasteiger partial charge in [0.2, 0.25) is 0 Å². The van der Waals surface area contributed by atoms with Crippen LogP contribution in [-0.4, -0.2) is 0 Å². The Bertz CT molecular complexity index is 2610. The van der Waals surface area contributed by atoms with Gasteiger partial charge in [0.25, 0.3) is 0 Å². The lowest BCUT2D eigenvalue weighted by Crippen LogP contribution is -2.11. The van der Waals surface area contributed by atoms with Gasteiger partial charge >= 0.3 is 0 Å². The minimum Gasteiger partial charge on any atom is -0.309 e. The van der Waals surface area contributed by atoms with Gasteiger partial charge in [-0.1, -0.05) is 164 Å². The van der Waals surface area contributed by atoms with Crippen LogP contribution in [0.15, 0.2) is 200 Å². The highest BCUT2D eigenvalue weighted by Gasteiger charge is 2.20. The summed E-state index contributed by atoms with van der Waals surface area (Å²) in [5, 5.41) is 2.60. The van der Waals surface area contributed by atoms with Gasteiger partial charge in [-0.3, -0.25) is 0 Å². The summed E-state index contributed by atoms with van der Waals surface area (Å²) in [5.41, 5.74) is 13.7. The summed E-state index contributed by atoms with van der Waals surface area (Å²) in [4.78, 5) is 2.46. The maximum absolute atomic E-state index is 2.46. The third kappa shape index (κ3) is 6.30. The van der Waals surface area contributed by atoms with E-state index in [1.165, 1.54) is 70.4 Å². The van der Waals surface area contributed by atoms with Crippen molar-refractivity contribution in [3.05, 3.63) is 222 Å². The number of fused-ring (bicyclic) bond motifs is 3. The van der Waals surface area contributed by atoms with Crippen molar-refractivity contribution in [1.29, 1.82) is 0 Å². The zero-order chi connectivity index (χ0) is 34.7. The highest BCUT2D eigenvalue weighted by atomic mass is 32.1. The van der Waals surface area contributed by atoms with E-state index in [-0.39, 0.29) is 0 Å². The summed E-state index contributed by atoms with van der Waals surface area (Å²) in [7, 11) is 0. The van der Waals surface area contributed by atoms with Crippen molar-refractivity contribution >= 4 is 48.6 Å². The second kappa shape index (κ2) is 14.2. The van der Waals surface area contributed by atoms with Gasteiger partial charge in [-0.05, 0) is 93.7 Å². The number of anilines is 3. The average Bonchev–Trinajstić information content (AvgIpc) is 3.60. The van der Waals surface area contributed by atoms with Crippen molar-refractivity contribution in [2.45, 2.75) is 12.8 Å². The van der Waals surface area contributed by atoms with Crippen molar-refractivity contribution < 1.29 is 0 Å². The number of rotatable bonds is 9. The van der Waals surface area contributed by atoms with Crippen LogP contribution in [0.2, 0.25) is 0 Å². The molecule has 8 aromatic carbocycles. The van der Waals surface area contributed by atoms with E-state index in [0.29, 0.717) is 0 Å². The summed E-state index contributed by atoms with van der Waals surface area (Å²) in [5.74, 6) is 0. The summed E-state index contributed by atoms with van der Waals surface area (Å²) >= 11 is 1.87. The van der Waals surface area contributed by atoms with E-state index < -0.39 is 0 Å². The van der Waals surface area contributed by atoms with Crippen molar-refractivity contribution in [2.75, 3.05) is 4.90 Å². The molecule has 1 aromatic heterocycles. The maximum atomic E-state index is 2.46. The molecule has 1 nitrogen and oxygen atoms in total. The minimum absolute atomic E-state index is 0.831. The lowest BCUT2D eigenvalue weighted by Gasteiger charge is -2.28. The quantitative estimate of drug-likeness (QED) is 0.146. The summed E-state index contributed by atoms with van der Waals surface area (Å²) < 4.78 is 2.59. The Balaban J connectivity index is 1.23. The van der Waals surface area contributed by atoms with Crippen molar-refractivity contribution in [1.82, 2.24) is 0 Å². The van der Waals surface area contributed by atoms with Gasteiger partial charge < -0.3 is 4.90 Å². The first-order chi connectivity index (χ1) is 25.8. The third-order valence-corrected chi connectivity index (χ3v) is 11.2. The monoisotopic (exact) mass is 683 g/mol. The second-order valence-corrected chi connectivity index (χ2v) is 14.4. The lowest BCUT2D eigenvalue weighted by molar-refractivity contribution is 1.16. The minimum atomic E-state index is 0.831. The molecule has 0 aliphatic rings. The molecule has 2 heteroatoms. The summed E-state index contributed by atoms with van der Waals surface area (Å²) in [6.45, 7) is 0. The maximum Gasteiger partial charge on any atom is 0.0640 e. The molecule has 0 aliphatic carbocycles. The molecule has 0 fully saturated rings. The fourth-order valence-corrected chi connectivity index (χ4v) is 8.67. The molecule has 9 aromatic rings. The Morgan fingerprint density at radius 2 is 0.942 bits per heavy atom. The molecule has 0 bridgehead atoms. The Kier molecular flexibility index (Phi) is 8.66. The van der Waals surface area contributed by atoms with E-state index in [2.05, 4.69) is 205 Å². The Hall–Kier alpha value is -6.22. The molecule has 0 unspecified atom stereocenters. The molecule has 0 atom stereocenters. The molecule has 0 spiro atoms. The van der Waals surface area contributed by atoms with Gasteiger partial charge in [0.05, 0.1) is 10.4 Å². The van der Waals surface area contributed by atoms with Crippen LogP contribution in [0.3, 0.4) is 0 Å². The Morgan fingerprint density at radius 1 is 0.385 bits per heavy atom. The van der Waals surface area contributed by atoms with Crippen molar-refractivity contribution in [3.63, 3.8) is 0 Å². The van der Waals surface area contributed by atoms with Crippen LogP contribution < -0.4 is 4.90 Å². The first-order valence-electron chi connectivity index (χ1n) is 17.9. The zero-order valence-corrected chi connectivity index (χ0v) is 29.6. The molecule has 0 N–H and O–H groups in total. The molecule has 52 heavy (non-hydrogen) atoms. The standard InChI is InChI=1S/C50H37NS/c1-4-15-36(16-5-1)33-40-21-10-11-22-44(40)45-32-31-43(35-41(45)34-37-17-6-2-7-18-37)51(42-29-27-39(28-30-42)38-19-8-3-9-20-38)48-25-14-24-47-46-23-12-13-26-49(46)52-50(47)48/h1-32,35H,33-34H2. The molecule has 0 aliphatic heterocycles. The normalized spacial score (nSPS) is 11.2. The van der Waals surface area contributed by atoms with E-state index in [4.69, 9.17) is 0 Å². The fourth-order valence-electron chi connectivity index (χ4n) is 7.47. The molecule has 0 amide bonds. The van der Waals surface area contributed by atoms with Gasteiger partial charge in [-0.15, -0.1) is 11.3 Å². The number of hydrogen-bond acceptors (Lipinski definition) is 2. The van der Waals surface area contributed by atoms with E-state index in [9.17, 15) is 0 Å². The van der Waals surface area contributed by atoms with Gasteiger partial charge in [-0.25, -0.2) is 0 Å². The van der Waals surface area contributed by atoms with Crippen LogP contribution in [0.4, 0.5) is 17.1 Å². The first-order valence-corrected chi connectivity index (χ1v) is 18.7. The van der Waals surface area contributed by atoms with E-state index >= 15 is 0 Å². The van der Waals surface area contributed by atoms with Gasteiger partial charge in [0.1, 0.15) is 0 Å². The number of hydrogen-bond donors (Lipinski definition) is 0. The van der Waals surface area contributed by atoms with Gasteiger partial charge in [0, 0.05) is 26.8 Å². The van der Waals surface area contributed by atoms with Crippen LogP contribution in [0, 0.1) is 0 Å². The van der Waals surface area contributed by atoms with E-state index in [0.717, 1.165) is 24.2 Å². The zero-order valence-electron chi connectivity index (χ0n) is 28.8. The number of benzene rings is 8. The lowest BCUT2D eigenvalue weighted by atomic mass is 9.89. The molecule has 248 valence electrons. The predicted octanol–water partition coefficient (Wildman–Crippen LogP) is 14.0. The smallest absolute Gasteiger partial charge is 0.0640 e. The molecular formula is C50H37NS. The van der Waals surface area contributed by atoms with Crippen LogP contribution >= 0.6 is 11.3 Å². The molecular weight excluding hydrogens is 647 g/mol. The topological polar surface area (TPSA) is 3.24 Å². The molecule has 9 rings (SSSR count). The van der Waals surface area contributed by atoms with Crippen LogP contribution in [-0.2, 0) is 12.8 Å².